The van der Waals surface area contributed by atoms with Crippen molar-refractivity contribution in [2.75, 3.05) is 36.7 Å². The molecule has 2 heterocycles. The zero-order valence-electron chi connectivity index (χ0n) is 27.8. The first-order valence-corrected chi connectivity index (χ1v) is 15.9. The molecule has 0 saturated heterocycles. The molecule has 6 rings (SSSR count). The molecule has 6 aromatic rings. The fourth-order valence-corrected chi connectivity index (χ4v) is 5.65. The second kappa shape index (κ2) is 14.6. The van der Waals surface area contributed by atoms with E-state index in [4.69, 9.17) is 14.5 Å². The van der Waals surface area contributed by atoms with Gasteiger partial charge in [0.1, 0.15) is 23.0 Å². The molecule has 0 aliphatic heterocycles. The molecule has 10 heteroatoms. The van der Waals surface area contributed by atoms with Gasteiger partial charge in [-0.25, -0.2) is 9.78 Å². The number of aryl methyl sites for hydroxylation is 2. The summed E-state index contributed by atoms with van der Waals surface area (Å²) in [4.78, 5) is 31.9. The number of nitrogens with zero attached hydrogens (tertiary/aromatic N) is 2. The lowest BCUT2D eigenvalue weighted by Gasteiger charge is -2.16. The van der Waals surface area contributed by atoms with E-state index in [1.165, 1.54) is 0 Å². The second-order valence-corrected chi connectivity index (χ2v) is 11.5. The average molecular weight is 655 g/mol. The van der Waals surface area contributed by atoms with E-state index in [0.717, 1.165) is 28.1 Å². The summed E-state index contributed by atoms with van der Waals surface area (Å²) >= 11 is 0. The molecular weight excluding hydrogens is 616 g/mol. The van der Waals surface area contributed by atoms with E-state index >= 15 is 0 Å². The number of rotatable bonds is 11. The summed E-state index contributed by atoms with van der Waals surface area (Å²) in [5.74, 6) is 1.90. The highest BCUT2D eigenvalue weighted by Gasteiger charge is 2.22. The first-order chi connectivity index (χ1) is 23.8. The number of imidazole rings is 1. The van der Waals surface area contributed by atoms with Crippen LogP contribution < -0.4 is 30.7 Å². The van der Waals surface area contributed by atoms with Crippen molar-refractivity contribution in [3.63, 3.8) is 0 Å². The number of nitrogens with one attached hydrogen (secondary N) is 4. The van der Waals surface area contributed by atoms with Crippen molar-refractivity contribution in [1.29, 1.82) is 0 Å². The van der Waals surface area contributed by atoms with Crippen LogP contribution in [0.25, 0.3) is 16.9 Å². The molecule has 0 unspecified atom stereocenters. The number of ether oxygens (including phenoxy) is 2. The number of urea groups is 1. The molecule has 248 valence electrons. The largest absolute Gasteiger partial charge is 0.497 e. The molecule has 49 heavy (non-hydrogen) atoms. The molecule has 0 atom stereocenters. The molecule has 2 aromatic heterocycles. The third-order valence-electron chi connectivity index (χ3n) is 8.26. The van der Waals surface area contributed by atoms with Crippen molar-refractivity contribution in [3.8, 4) is 22.8 Å². The summed E-state index contributed by atoms with van der Waals surface area (Å²) < 4.78 is 12.4. The Morgan fingerprint density at radius 3 is 2.12 bits per heavy atom. The van der Waals surface area contributed by atoms with E-state index in [9.17, 15) is 9.59 Å². The molecule has 0 aliphatic carbocycles. The van der Waals surface area contributed by atoms with E-state index in [1.54, 1.807) is 44.6 Å². The van der Waals surface area contributed by atoms with Crippen LogP contribution in [-0.4, -0.2) is 42.1 Å². The number of pyridine rings is 1. The zero-order valence-corrected chi connectivity index (χ0v) is 27.8. The SMILES string of the molecule is COc1ccc(CCNC(=O)c2cccn3c(Nc4c(C)cccc4C)c(-c4ccccc4NC(=O)Nc4ccc(OC)cc4)nc23)cc1. The Hall–Kier alpha value is -6.29. The van der Waals surface area contributed by atoms with Crippen LogP contribution >= 0.6 is 0 Å². The number of fused-ring (bicyclic) bond motifs is 1. The topological polar surface area (TPSA) is 118 Å². The highest BCUT2D eigenvalue weighted by atomic mass is 16.5. The van der Waals surface area contributed by atoms with E-state index in [2.05, 4.69) is 21.3 Å². The van der Waals surface area contributed by atoms with Crippen LogP contribution in [0.1, 0.15) is 27.0 Å². The Morgan fingerprint density at radius 2 is 1.43 bits per heavy atom. The highest BCUT2D eigenvalue weighted by Crippen LogP contribution is 2.37. The van der Waals surface area contributed by atoms with Gasteiger partial charge in [0.15, 0.2) is 5.65 Å². The number of anilines is 4. The summed E-state index contributed by atoms with van der Waals surface area (Å²) in [7, 11) is 3.23. The van der Waals surface area contributed by atoms with Gasteiger partial charge in [-0.15, -0.1) is 0 Å². The Labute approximate surface area is 285 Å². The number of benzene rings is 4. The van der Waals surface area contributed by atoms with Crippen LogP contribution in [0.4, 0.5) is 27.7 Å². The van der Waals surface area contributed by atoms with E-state index in [1.807, 2.05) is 97.2 Å². The number of carbonyl (C=O) groups is 2. The molecule has 0 radical (unpaired) electrons. The minimum atomic E-state index is -0.414. The quantitative estimate of drug-likeness (QED) is 0.113. The van der Waals surface area contributed by atoms with Crippen LogP contribution in [-0.2, 0) is 6.42 Å². The van der Waals surface area contributed by atoms with Gasteiger partial charge in [0.05, 0.1) is 25.5 Å². The monoisotopic (exact) mass is 654 g/mol. The van der Waals surface area contributed by atoms with Gasteiger partial charge in [-0.05, 0) is 91.6 Å². The van der Waals surface area contributed by atoms with Crippen molar-refractivity contribution < 1.29 is 19.1 Å². The molecule has 4 aromatic carbocycles. The smallest absolute Gasteiger partial charge is 0.323 e. The Kier molecular flexibility index (Phi) is 9.75. The van der Waals surface area contributed by atoms with Gasteiger partial charge in [-0.3, -0.25) is 9.20 Å². The fourth-order valence-electron chi connectivity index (χ4n) is 5.65. The maximum atomic E-state index is 13.6. The van der Waals surface area contributed by atoms with Crippen molar-refractivity contribution in [2.45, 2.75) is 20.3 Å². The van der Waals surface area contributed by atoms with Crippen LogP contribution in [0.3, 0.4) is 0 Å². The van der Waals surface area contributed by atoms with Crippen LogP contribution in [0.15, 0.2) is 109 Å². The van der Waals surface area contributed by atoms with E-state index in [-0.39, 0.29) is 5.91 Å². The summed E-state index contributed by atoms with van der Waals surface area (Å²) in [5.41, 5.74) is 7.44. The summed E-state index contributed by atoms with van der Waals surface area (Å²) in [6.07, 6.45) is 2.54. The van der Waals surface area contributed by atoms with Crippen LogP contribution in [0, 0.1) is 13.8 Å². The Morgan fingerprint density at radius 1 is 0.755 bits per heavy atom. The maximum absolute atomic E-state index is 13.6. The Bertz CT molecular complexity index is 2090. The van der Waals surface area contributed by atoms with E-state index < -0.39 is 6.03 Å². The molecule has 0 spiro atoms. The van der Waals surface area contributed by atoms with E-state index in [0.29, 0.717) is 58.4 Å². The third kappa shape index (κ3) is 7.33. The number of para-hydroxylation sites is 2. The lowest BCUT2D eigenvalue weighted by atomic mass is 10.1. The number of hydrogen-bond donors (Lipinski definition) is 4. The van der Waals surface area contributed by atoms with Crippen molar-refractivity contribution in [1.82, 2.24) is 14.7 Å². The van der Waals surface area contributed by atoms with Gasteiger partial charge < -0.3 is 30.7 Å². The second-order valence-electron chi connectivity index (χ2n) is 11.5. The molecule has 10 nitrogen and oxygen atoms in total. The summed E-state index contributed by atoms with van der Waals surface area (Å²) in [5, 5.41) is 12.5. The average Bonchev–Trinajstić information content (AvgIpc) is 3.48. The molecule has 3 amide bonds. The summed E-state index contributed by atoms with van der Waals surface area (Å²) in [6, 6.07) is 31.6. The minimum Gasteiger partial charge on any atom is -0.497 e. The van der Waals surface area contributed by atoms with Gasteiger partial charge in [-0.2, -0.15) is 0 Å². The highest BCUT2D eigenvalue weighted by molar-refractivity contribution is 6.04. The number of aromatic nitrogens is 2. The van der Waals surface area contributed by atoms with Crippen molar-refractivity contribution in [2.24, 2.45) is 0 Å². The van der Waals surface area contributed by atoms with Gasteiger partial charge in [0, 0.05) is 29.7 Å². The van der Waals surface area contributed by atoms with Crippen molar-refractivity contribution >= 4 is 40.5 Å². The lowest BCUT2D eigenvalue weighted by molar-refractivity contribution is 0.0955. The maximum Gasteiger partial charge on any atom is 0.323 e. The molecular formula is C39H38N6O4. The number of methoxy groups -OCH3 is 2. The van der Waals surface area contributed by atoms with Gasteiger partial charge >= 0.3 is 6.03 Å². The first kappa shape index (κ1) is 32.6. The minimum absolute atomic E-state index is 0.237. The molecule has 0 saturated carbocycles. The fraction of sp³-hybridized carbons (Fsp3) is 0.154. The van der Waals surface area contributed by atoms with Crippen LogP contribution in [0.5, 0.6) is 11.5 Å². The first-order valence-electron chi connectivity index (χ1n) is 15.9. The van der Waals surface area contributed by atoms with Gasteiger partial charge in [-0.1, -0.05) is 48.5 Å². The lowest BCUT2D eigenvalue weighted by Crippen LogP contribution is -2.26. The van der Waals surface area contributed by atoms with Gasteiger partial charge in [0.25, 0.3) is 5.91 Å². The van der Waals surface area contributed by atoms with Crippen LogP contribution in [0.2, 0.25) is 0 Å². The molecule has 4 N–H and O–H groups in total. The predicted octanol–water partition coefficient (Wildman–Crippen LogP) is 8.00. The molecule has 0 bridgehead atoms. The van der Waals surface area contributed by atoms with Crippen molar-refractivity contribution in [3.05, 3.63) is 132 Å². The number of amides is 3. The predicted molar refractivity (Wildman–Crippen MR) is 194 cm³/mol. The number of hydrogen-bond acceptors (Lipinski definition) is 6. The zero-order chi connectivity index (χ0) is 34.3. The van der Waals surface area contributed by atoms with Gasteiger partial charge in [0.2, 0.25) is 0 Å². The Balaban J connectivity index is 1.34. The third-order valence-corrected chi connectivity index (χ3v) is 8.26. The molecule has 0 fully saturated rings. The standard InChI is InChI=1S/C39H38N6O4/c1-25-9-7-10-26(2)34(25)43-37-35(31-11-5-6-13-33(31)42-39(47)41-28-16-20-30(49-4)21-17-28)44-36-32(12-8-24-45(36)37)38(46)40-23-22-27-14-18-29(48-3)19-15-27/h5-21,24,43H,22-23H2,1-4H3,(H,40,46)(H2,41,42,47). The number of carbonyl (C=O) groups excluding carboxylic acids is 2. The normalized spacial score (nSPS) is 10.8. The summed E-state index contributed by atoms with van der Waals surface area (Å²) in [6.45, 7) is 4.53. The molecule has 0 aliphatic rings.